The first-order valence-electron chi connectivity index (χ1n) is 8.11. The van der Waals surface area contributed by atoms with Crippen LogP contribution in [0.1, 0.15) is 26.4 Å². The number of hydrogen-bond acceptors (Lipinski definition) is 9. The fourth-order valence-corrected chi connectivity index (χ4v) is 3.15. The highest BCUT2D eigenvalue weighted by atomic mass is 32.1. The van der Waals surface area contributed by atoms with Gasteiger partial charge in [-0.3, -0.25) is 4.79 Å². The molecule has 3 heterocycles. The number of ether oxygens (including phenoxy) is 2. The average Bonchev–Trinajstić information content (AvgIpc) is 3.08. The predicted molar refractivity (Wildman–Crippen MR) is 104 cm³/mol. The molecular formula is C18H17N5O4S. The van der Waals surface area contributed by atoms with Crippen molar-refractivity contribution in [2.45, 2.75) is 6.92 Å². The summed E-state index contributed by atoms with van der Waals surface area (Å²) in [5, 5.41) is 6.32. The van der Waals surface area contributed by atoms with E-state index in [0.717, 1.165) is 11.5 Å². The van der Waals surface area contributed by atoms with Crippen molar-refractivity contribution in [3.63, 3.8) is 0 Å². The Balaban J connectivity index is 1.81. The van der Waals surface area contributed by atoms with Crippen molar-refractivity contribution in [2.24, 2.45) is 0 Å². The van der Waals surface area contributed by atoms with E-state index in [1.165, 1.54) is 32.7 Å². The molecule has 0 aliphatic rings. The summed E-state index contributed by atoms with van der Waals surface area (Å²) < 4.78 is 14.0. The van der Waals surface area contributed by atoms with Gasteiger partial charge in [-0.25, -0.2) is 14.8 Å². The number of carbonyl (C=O) groups is 2. The predicted octanol–water partition coefficient (Wildman–Crippen LogP) is 3.03. The van der Waals surface area contributed by atoms with Crippen LogP contribution in [0.2, 0.25) is 0 Å². The maximum Gasteiger partial charge on any atom is 0.338 e. The molecule has 0 aromatic carbocycles. The number of methoxy groups -OCH3 is 2. The first kappa shape index (κ1) is 19.2. The molecule has 3 rings (SSSR count). The maximum atomic E-state index is 12.7. The third-order valence-corrected chi connectivity index (χ3v) is 4.57. The summed E-state index contributed by atoms with van der Waals surface area (Å²) in [6.45, 7) is 1.74. The van der Waals surface area contributed by atoms with E-state index in [-0.39, 0.29) is 5.91 Å². The van der Waals surface area contributed by atoms with Crippen LogP contribution in [-0.4, -0.2) is 40.4 Å². The highest BCUT2D eigenvalue weighted by Gasteiger charge is 2.20. The number of nitrogens with zero attached hydrogens (tertiary/aromatic N) is 3. The second-order valence-corrected chi connectivity index (χ2v) is 6.34. The molecule has 3 aromatic rings. The lowest BCUT2D eigenvalue weighted by atomic mass is 10.2. The van der Waals surface area contributed by atoms with Crippen LogP contribution in [0.3, 0.4) is 0 Å². The zero-order chi connectivity index (χ0) is 20.1. The molecule has 9 nitrogen and oxygen atoms in total. The number of hydrogen-bond donors (Lipinski definition) is 2. The highest BCUT2D eigenvalue weighted by molar-refractivity contribution is 7.10. The third kappa shape index (κ3) is 4.23. The minimum atomic E-state index is -0.476. The smallest absolute Gasteiger partial charge is 0.338 e. The van der Waals surface area contributed by atoms with Crippen molar-refractivity contribution >= 4 is 39.9 Å². The molecule has 1 amide bonds. The molecule has 28 heavy (non-hydrogen) atoms. The Labute approximate surface area is 164 Å². The second kappa shape index (κ2) is 8.44. The van der Waals surface area contributed by atoms with Crippen LogP contribution in [0.25, 0.3) is 0 Å². The topological polar surface area (TPSA) is 115 Å². The number of aryl methyl sites for hydroxylation is 1. The fraction of sp³-hybridized carbons (Fsp3) is 0.167. The van der Waals surface area contributed by atoms with Gasteiger partial charge in [-0.05, 0) is 36.7 Å². The molecule has 0 spiro atoms. The fourth-order valence-electron chi connectivity index (χ4n) is 2.35. The van der Waals surface area contributed by atoms with Crippen molar-refractivity contribution in [1.29, 1.82) is 0 Å². The summed E-state index contributed by atoms with van der Waals surface area (Å²) in [7, 11) is 2.82. The van der Waals surface area contributed by atoms with Gasteiger partial charge >= 0.3 is 5.97 Å². The van der Waals surface area contributed by atoms with Crippen LogP contribution >= 0.6 is 11.5 Å². The van der Waals surface area contributed by atoms with Crippen molar-refractivity contribution in [3.05, 3.63) is 53.5 Å². The quantitative estimate of drug-likeness (QED) is 0.608. The van der Waals surface area contributed by atoms with Crippen LogP contribution in [0.4, 0.5) is 16.5 Å². The molecule has 2 N–H and O–H groups in total. The van der Waals surface area contributed by atoms with Gasteiger partial charge < -0.3 is 20.1 Å². The molecule has 10 heteroatoms. The Hall–Kier alpha value is -3.53. The van der Waals surface area contributed by atoms with Gasteiger partial charge in [0.15, 0.2) is 0 Å². The normalized spacial score (nSPS) is 10.2. The Morgan fingerprint density at radius 1 is 1.14 bits per heavy atom. The number of amides is 1. The van der Waals surface area contributed by atoms with Gasteiger partial charge in [0, 0.05) is 12.3 Å². The minimum absolute atomic E-state index is 0.343. The minimum Gasteiger partial charge on any atom is -0.481 e. The number of pyridine rings is 2. The molecule has 0 aliphatic heterocycles. The van der Waals surface area contributed by atoms with E-state index in [2.05, 4.69) is 25.0 Å². The summed E-state index contributed by atoms with van der Waals surface area (Å²) >= 11 is 1.12. The second-order valence-electron chi connectivity index (χ2n) is 5.56. The largest absolute Gasteiger partial charge is 0.481 e. The van der Waals surface area contributed by atoms with Gasteiger partial charge in [-0.2, -0.15) is 4.37 Å². The standard InChI is InChI=1S/C18H17N5O4S/c1-10-15(16(24)21-12-4-5-14(26-2)20-9-12)17(28-23-10)22-13-8-11(6-7-19-13)18(25)27-3/h4-9H,1-3H3,(H,19,22)(H,21,24). The lowest BCUT2D eigenvalue weighted by Crippen LogP contribution is -2.14. The Bertz CT molecular complexity index is 1000. The SMILES string of the molecule is COC(=O)c1ccnc(Nc2snc(C)c2C(=O)Nc2ccc(OC)nc2)c1. The van der Waals surface area contributed by atoms with Gasteiger partial charge in [0.05, 0.1) is 42.9 Å². The summed E-state index contributed by atoms with van der Waals surface area (Å²) in [4.78, 5) is 32.7. The first-order valence-corrected chi connectivity index (χ1v) is 8.88. The van der Waals surface area contributed by atoms with Crippen molar-refractivity contribution in [1.82, 2.24) is 14.3 Å². The van der Waals surface area contributed by atoms with Gasteiger partial charge in [0.1, 0.15) is 10.8 Å². The number of aromatic nitrogens is 3. The highest BCUT2D eigenvalue weighted by Crippen LogP contribution is 2.28. The van der Waals surface area contributed by atoms with Gasteiger partial charge in [0.2, 0.25) is 5.88 Å². The van der Waals surface area contributed by atoms with E-state index >= 15 is 0 Å². The van der Waals surface area contributed by atoms with E-state index in [1.54, 1.807) is 25.1 Å². The first-order chi connectivity index (χ1) is 13.5. The molecule has 0 radical (unpaired) electrons. The van der Waals surface area contributed by atoms with E-state index in [0.29, 0.717) is 39.2 Å². The molecule has 3 aromatic heterocycles. The Morgan fingerprint density at radius 2 is 1.96 bits per heavy atom. The molecule has 0 fully saturated rings. The summed E-state index contributed by atoms with van der Waals surface area (Å²) in [6.07, 6.45) is 2.98. The number of esters is 1. The van der Waals surface area contributed by atoms with Gasteiger partial charge in [-0.1, -0.05) is 0 Å². The number of anilines is 3. The van der Waals surface area contributed by atoms with E-state index < -0.39 is 5.97 Å². The molecule has 0 bridgehead atoms. The van der Waals surface area contributed by atoms with Crippen molar-refractivity contribution in [3.8, 4) is 5.88 Å². The number of nitrogens with one attached hydrogen (secondary N) is 2. The molecule has 144 valence electrons. The van der Waals surface area contributed by atoms with Gasteiger partial charge in [0.25, 0.3) is 5.91 Å². The molecular weight excluding hydrogens is 382 g/mol. The lowest BCUT2D eigenvalue weighted by molar-refractivity contribution is 0.0600. The maximum absolute atomic E-state index is 12.7. The van der Waals surface area contributed by atoms with E-state index in [9.17, 15) is 9.59 Å². The zero-order valence-corrected chi connectivity index (χ0v) is 16.2. The summed E-state index contributed by atoms with van der Waals surface area (Å²) in [6, 6.07) is 6.41. The summed E-state index contributed by atoms with van der Waals surface area (Å²) in [5.41, 5.74) is 1.81. The van der Waals surface area contributed by atoms with Crippen molar-refractivity contribution in [2.75, 3.05) is 24.9 Å². The Kier molecular flexibility index (Phi) is 5.80. The van der Waals surface area contributed by atoms with E-state index in [1.807, 2.05) is 0 Å². The Morgan fingerprint density at radius 3 is 2.64 bits per heavy atom. The van der Waals surface area contributed by atoms with E-state index in [4.69, 9.17) is 9.47 Å². The average molecular weight is 399 g/mol. The number of rotatable bonds is 6. The molecule has 0 unspecified atom stereocenters. The molecule has 0 saturated heterocycles. The van der Waals surface area contributed by atoms with Gasteiger partial charge in [-0.15, -0.1) is 0 Å². The summed E-state index contributed by atoms with van der Waals surface area (Å²) in [5.74, 6) is 0.0257. The molecule has 0 aliphatic carbocycles. The monoisotopic (exact) mass is 399 g/mol. The molecule has 0 saturated carbocycles. The number of carbonyl (C=O) groups excluding carboxylic acids is 2. The van der Waals surface area contributed by atoms with Crippen LogP contribution in [0.5, 0.6) is 5.88 Å². The third-order valence-electron chi connectivity index (χ3n) is 3.72. The van der Waals surface area contributed by atoms with Crippen LogP contribution < -0.4 is 15.4 Å². The van der Waals surface area contributed by atoms with Crippen LogP contribution in [0.15, 0.2) is 36.7 Å². The van der Waals surface area contributed by atoms with Crippen LogP contribution in [-0.2, 0) is 4.74 Å². The zero-order valence-electron chi connectivity index (χ0n) is 15.3. The van der Waals surface area contributed by atoms with Crippen molar-refractivity contribution < 1.29 is 19.1 Å². The van der Waals surface area contributed by atoms with Crippen LogP contribution in [0, 0.1) is 6.92 Å². The molecule has 0 atom stereocenters. The lowest BCUT2D eigenvalue weighted by Gasteiger charge is -2.09.